The van der Waals surface area contributed by atoms with Crippen LogP contribution in [0.5, 0.6) is 0 Å². The number of hydrogen-bond donors (Lipinski definition) is 1. The van der Waals surface area contributed by atoms with Gasteiger partial charge >= 0.3 is 0 Å². The molecule has 2 rings (SSSR count). The summed E-state index contributed by atoms with van der Waals surface area (Å²) >= 11 is 0. The van der Waals surface area contributed by atoms with E-state index in [1.54, 1.807) is 4.90 Å². The fraction of sp³-hybridized carbons (Fsp3) is 0.444. The number of carbonyl (C=O) groups excluding carboxylic acids is 2. The zero-order valence-electron chi connectivity index (χ0n) is 13.2. The lowest BCUT2D eigenvalue weighted by Gasteiger charge is -2.26. The average molecular weight is 301 g/mol. The predicted molar refractivity (Wildman–Crippen MR) is 85.3 cm³/mol. The molecule has 0 fully saturated rings. The van der Waals surface area contributed by atoms with Gasteiger partial charge in [0.05, 0.1) is 11.6 Å². The summed E-state index contributed by atoms with van der Waals surface area (Å²) in [6, 6.07) is 9.34. The number of aliphatic hydroxyl groups is 1. The third-order valence-electron chi connectivity index (χ3n) is 4.08. The van der Waals surface area contributed by atoms with Crippen LogP contribution in [0.4, 0.5) is 0 Å². The molecule has 1 aromatic carbocycles. The normalized spacial score (nSPS) is 18.2. The maximum Gasteiger partial charge on any atom is 0.290 e. The molecule has 0 aromatic heterocycles. The van der Waals surface area contributed by atoms with Gasteiger partial charge in [-0.1, -0.05) is 56.5 Å². The van der Waals surface area contributed by atoms with Gasteiger partial charge in [-0.15, -0.1) is 0 Å². The zero-order valence-corrected chi connectivity index (χ0v) is 13.2. The van der Waals surface area contributed by atoms with Crippen LogP contribution in [0.3, 0.4) is 0 Å². The summed E-state index contributed by atoms with van der Waals surface area (Å²) in [5, 5.41) is 10.1. The Kier molecular flexibility index (Phi) is 5.36. The van der Waals surface area contributed by atoms with E-state index in [4.69, 9.17) is 0 Å². The summed E-state index contributed by atoms with van der Waals surface area (Å²) < 4.78 is 0. The van der Waals surface area contributed by atoms with Gasteiger partial charge in [0.15, 0.2) is 11.5 Å². The summed E-state index contributed by atoms with van der Waals surface area (Å²) in [4.78, 5) is 25.8. The molecule has 1 aromatic rings. The molecule has 1 unspecified atom stereocenters. The van der Waals surface area contributed by atoms with E-state index in [0.717, 1.165) is 24.8 Å². The third kappa shape index (κ3) is 3.38. The van der Waals surface area contributed by atoms with Crippen molar-refractivity contribution in [1.82, 2.24) is 4.90 Å². The van der Waals surface area contributed by atoms with E-state index in [9.17, 15) is 14.7 Å². The first kappa shape index (κ1) is 16.3. The second-order valence-corrected chi connectivity index (χ2v) is 5.75. The van der Waals surface area contributed by atoms with Crippen LogP contribution >= 0.6 is 0 Å². The van der Waals surface area contributed by atoms with Gasteiger partial charge in [-0.25, -0.2) is 0 Å². The Morgan fingerprint density at radius 2 is 1.91 bits per heavy atom. The summed E-state index contributed by atoms with van der Waals surface area (Å²) in [5.41, 5.74) is 1.27. The minimum Gasteiger partial charge on any atom is -0.503 e. The molecule has 0 aliphatic carbocycles. The van der Waals surface area contributed by atoms with Crippen LogP contribution in [-0.4, -0.2) is 27.7 Å². The fourth-order valence-electron chi connectivity index (χ4n) is 2.96. The van der Waals surface area contributed by atoms with E-state index in [2.05, 4.69) is 6.92 Å². The van der Waals surface area contributed by atoms with Crippen molar-refractivity contribution < 1.29 is 14.7 Å². The second kappa shape index (κ2) is 7.25. The first-order valence-corrected chi connectivity index (χ1v) is 7.85. The van der Waals surface area contributed by atoms with Crippen molar-refractivity contribution in [2.24, 2.45) is 0 Å². The molecule has 0 saturated heterocycles. The Morgan fingerprint density at radius 1 is 1.23 bits per heavy atom. The van der Waals surface area contributed by atoms with Crippen LogP contribution in [0.25, 0.3) is 0 Å². The highest BCUT2D eigenvalue weighted by atomic mass is 16.3. The van der Waals surface area contributed by atoms with Gasteiger partial charge in [-0.2, -0.15) is 0 Å². The van der Waals surface area contributed by atoms with Crippen LogP contribution in [-0.2, 0) is 16.1 Å². The monoisotopic (exact) mass is 301 g/mol. The van der Waals surface area contributed by atoms with E-state index < -0.39 is 5.91 Å². The van der Waals surface area contributed by atoms with E-state index in [1.807, 2.05) is 30.3 Å². The molecule has 0 saturated carbocycles. The first-order valence-electron chi connectivity index (χ1n) is 7.85. The maximum absolute atomic E-state index is 12.3. The Labute approximate surface area is 131 Å². The van der Waals surface area contributed by atoms with Crippen molar-refractivity contribution in [2.75, 3.05) is 0 Å². The topological polar surface area (TPSA) is 57.6 Å². The van der Waals surface area contributed by atoms with E-state index in [1.165, 1.54) is 6.92 Å². The molecule has 1 heterocycles. The molecule has 1 N–H and O–H groups in total. The highest BCUT2D eigenvalue weighted by Gasteiger charge is 2.40. The van der Waals surface area contributed by atoms with Gasteiger partial charge in [0.2, 0.25) is 0 Å². The van der Waals surface area contributed by atoms with Crippen LogP contribution in [0.2, 0.25) is 0 Å². The average Bonchev–Trinajstić information content (AvgIpc) is 2.73. The van der Waals surface area contributed by atoms with E-state index in [-0.39, 0.29) is 23.2 Å². The number of amides is 1. The predicted octanol–water partition coefficient (Wildman–Crippen LogP) is 3.38. The quantitative estimate of drug-likeness (QED) is 0.785. The smallest absolute Gasteiger partial charge is 0.290 e. The van der Waals surface area contributed by atoms with Gasteiger partial charge in [0, 0.05) is 6.54 Å². The van der Waals surface area contributed by atoms with Crippen molar-refractivity contribution >= 4 is 11.7 Å². The van der Waals surface area contributed by atoms with Gasteiger partial charge in [-0.05, 0) is 18.9 Å². The molecule has 1 atom stereocenters. The Morgan fingerprint density at radius 3 is 2.50 bits per heavy atom. The summed E-state index contributed by atoms with van der Waals surface area (Å²) in [6.45, 7) is 3.94. The molecule has 4 heteroatoms. The number of nitrogens with zero attached hydrogens (tertiary/aromatic N) is 1. The van der Waals surface area contributed by atoms with Crippen LogP contribution in [0, 0.1) is 0 Å². The lowest BCUT2D eigenvalue weighted by molar-refractivity contribution is -0.130. The Hall–Kier alpha value is -2.10. The van der Waals surface area contributed by atoms with Crippen LogP contribution in [0.1, 0.15) is 45.1 Å². The van der Waals surface area contributed by atoms with Crippen molar-refractivity contribution in [3.8, 4) is 0 Å². The first-order chi connectivity index (χ1) is 10.6. The van der Waals surface area contributed by atoms with Gasteiger partial charge in [0.1, 0.15) is 0 Å². The van der Waals surface area contributed by atoms with E-state index >= 15 is 0 Å². The summed E-state index contributed by atoms with van der Waals surface area (Å²) in [6.07, 6.45) is 3.77. The van der Waals surface area contributed by atoms with Gasteiger partial charge in [-0.3, -0.25) is 9.59 Å². The zero-order chi connectivity index (χ0) is 16.1. The van der Waals surface area contributed by atoms with Crippen LogP contribution in [0.15, 0.2) is 41.7 Å². The standard InChI is InChI=1S/C18H23NO3/c1-3-4-6-11-15-16(13(2)20)17(21)18(22)19(15)12-14-9-7-5-8-10-14/h5,7-10,15,21H,3-4,6,11-12H2,1-2H3. The number of benzene rings is 1. The maximum atomic E-state index is 12.3. The number of unbranched alkanes of at least 4 members (excludes halogenated alkanes) is 2. The highest BCUT2D eigenvalue weighted by molar-refractivity contribution is 6.07. The van der Waals surface area contributed by atoms with Gasteiger partial charge < -0.3 is 10.0 Å². The number of carbonyl (C=O) groups is 2. The fourth-order valence-corrected chi connectivity index (χ4v) is 2.96. The largest absolute Gasteiger partial charge is 0.503 e. The summed E-state index contributed by atoms with van der Waals surface area (Å²) in [5.74, 6) is -1.02. The number of rotatable bonds is 7. The van der Waals surface area contributed by atoms with Crippen molar-refractivity contribution in [3.05, 3.63) is 47.2 Å². The molecular weight excluding hydrogens is 278 g/mol. The van der Waals surface area contributed by atoms with Crippen molar-refractivity contribution in [1.29, 1.82) is 0 Å². The highest BCUT2D eigenvalue weighted by Crippen LogP contribution is 2.30. The minimum absolute atomic E-state index is 0.220. The van der Waals surface area contributed by atoms with Crippen LogP contribution < -0.4 is 0 Å². The molecule has 22 heavy (non-hydrogen) atoms. The molecule has 0 bridgehead atoms. The molecule has 1 amide bonds. The van der Waals surface area contributed by atoms with Gasteiger partial charge in [0.25, 0.3) is 5.91 Å². The Bertz CT molecular complexity index is 577. The lowest BCUT2D eigenvalue weighted by atomic mass is 9.98. The molecule has 118 valence electrons. The molecule has 4 nitrogen and oxygen atoms in total. The Balaban J connectivity index is 2.23. The number of ketones is 1. The number of hydrogen-bond acceptors (Lipinski definition) is 3. The van der Waals surface area contributed by atoms with Crippen molar-refractivity contribution in [3.63, 3.8) is 0 Å². The molecular formula is C18H23NO3. The third-order valence-corrected chi connectivity index (χ3v) is 4.08. The lowest BCUT2D eigenvalue weighted by Crippen LogP contribution is -2.36. The second-order valence-electron chi connectivity index (χ2n) is 5.75. The SMILES string of the molecule is CCCCCC1C(C(C)=O)=C(O)C(=O)N1Cc1ccccc1. The van der Waals surface area contributed by atoms with E-state index in [0.29, 0.717) is 13.0 Å². The summed E-state index contributed by atoms with van der Waals surface area (Å²) in [7, 11) is 0. The number of aliphatic hydroxyl groups excluding tert-OH is 1. The molecule has 1 aliphatic heterocycles. The van der Waals surface area contributed by atoms with Crippen molar-refractivity contribution in [2.45, 2.75) is 52.1 Å². The minimum atomic E-state index is -0.435. The molecule has 0 radical (unpaired) electrons. The molecule has 1 aliphatic rings. The molecule has 0 spiro atoms. The number of Topliss-reactive ketones (excluding diaryl/α,β-unsaturated/α-hetero) is 1.